The first-order chi connectivity index (χ1) is 8.91. The molecule has 0 radical (unpaired) electrons. The van der Waals surface area contributed by atoms with Gasteiger partial charge in [0, 0.05) is 17.1 Å². The molecule has 2 rings (SSSR count). The van der Waals surface area contributed by atoms with Crippen molar-refractivity contribution in [1.29, 1.82) is 5.26 Å². The van der Waals surface area contributed by atoms with Crippen molar-refractivity contribution < 1.29 is 5.11 Å². The zero-order chi connectivity index (χ0) is 14.0. The number of aliphatic hydroxyl groups is 1. The lowest BCUT2D eigenvalue weighted by molar-refractivity contribution is -0.00507. The molecular formula is C15H19BrN2O. The molecule has 102 valence electrons. The minimum atomic E-state index is -0.671. The summed E-state index contributed by atoms with van der Waals surface area (Å²) in [5.41, 5.74) is 1.15. The van der Waals surface area contributed by atoms with Crippen LogP contribution in [0.2, 0.25) is 0 Å². The van der Waals surface area contributed by atoms with Crippen LogP contribution in [0, 0.1) is 11.3 Å². The molecule has 1 aromatic carbocycles. The highest BCUT2D eigenvalue weighted by Gasteiger charge is 2.35. The van der Waals surface area contributed by atoms with Gasteiger partial charge in [-0.05, 0) is 50.9 Å². The Labute approximate surface area is 123 Å². The fourth-order valence-electron chi connectivity index (χ4n) is 2.78. The number of benzene rings is 1. The predicted octanol–water partition coefficient (Wildman–Crippen LogP) is 3.06. The van der Waals surface area contributed by atoms with Crippen LogP contribution in [0.25, 0.3) is 0 Å². The Hall–Kier alpha value is -0.890. The Morgan fingerprint density at radius 1 is 1.53 bits per heavy atom. The van der Waals surface area contributed by atoms with Crippen LogP contribution in [0.1, 0.15) is 37.8 Å². The van der Waals surface area contributed by atoms with Crippen molar-refractivity contribution in [2.24, 2.45) is 0 Å². The number of rotatable bonds is 3. The Bertz CT molecular complexity index is 502. The summed E-state index contributed by atoms with van der Waals surface area (Å²) in [5, 5.41) is 19.1. The van der Waals surface area contributed by atoms with Crippen molar-refractivity contribution >= 4 is 15.9 Å². The Morgan fingerprint density at radius 2 is 2.26 bits per heavy atom. The number of hydrogen-bond donors (Lipinski definition) is 1. The molecule has 0 amide bonds. The standard InChI is InChI=1S/C15H19BrN2O/c1-15(2,19)14-4-3-7-18(14)10-12-6-5-11(9-17)8-13(12)16/h5-6,8,14,19H,3-4,7,10H2,1-2H3. The molecule has 1 fully saturated rings. The van der Waals surface area contributed by atoms with E-state index in [9.17, 15) is 5.11 Å². The SMILES string of the molecule is CC(C)(O)C1CCCN1Cc1ccc(C#N)cc1Br. The van der Waals surface area contributed by atoms with Crippen LogP contribution in [0.5, 0.6) is 0 Å². The highest BCUT2D eigenvalue weighted by Crippen LogP contribution is 2.30. The van der Waals surface area contributed by atoms with Gasteiger partial charge in [-0.1, -0.05) is 22.0 Å². The third-order valence-corrected chi connectivity index (χ3v) is 4.47. The fraction of sp³-hybridized carbons (Fsp3) is 0.533. The Morgan fingerprint density at radius 3 is 2.84 bits per heavy atom. The van der Waals surface area contributed by atoms with E-state index in [2.05, 4.69) is 26.9 Å². The maximum atomic E-state index is 10.2. The van der Waals surface area contributed by atoms with Gasteiger partial charge in [0.1, 0.15) is 0 Å². The van der Waals surface area contributed by atoms with Crippen molar-refractivity contribution in [3.8, 4) is 6.07 Å². The van der Waals surface area contributed by atoms with Crippen molar-refractivity contribution in [1.82, 2.24) is 4.90 Å². The van der Waals surface area contributed by atoms with E-state index in [-0.39, 0.29) is 6.04 Å². The van der Waals surface area contributed by atoms with Crippen LogP contribution in [0.15, 0.2) is 22.7 Å². The van der Waals surface area contributed by atoms with Crippen LogP contribution >= 0.6 is 15.9 Å². The van der Waals surface area contributed by atoms with Gasteiger partial charge < -0.3 is 5.11 Å². The Balaban J connectivity index is 2.15. The summed E-state index contributed by atoms with van der Waals surface area (Å²) in [5.74, 6) is 0. The van der Waals surface area contributed by atoms with Gasteiger partial charge in [-0.3, -0.25) is 4.90 Å². The third kappa shape index (κ3) is 3.36. The zero-order valence-electron chi connectivity index (χ0n) is 11.4. The summed E-state index contributed by atoms with van der Waals surface area (Å²) < 4.78 is 0.966. The lowest BCUT2D eigenvalue weighted by Gasteiger charge is -2.34. The molecule has 1 atom stereocenters. The van der Waals surface area contributed by atoms with Crippen molar-refractivity contribution in [3.05, 3.63) is 33.8 Å². The number of nitrogens with zero attached hydrogens (tertiary/aromatic N) is 2. The van der Waals surface area contributed by atoms with E-state index in [1.54, 1.807) is 0 Å². The van der Waals surface area contributed by atoms with Crippen molar-refractivity contribution in [3.63, 3.8) is 0 Å². The summed E-state index contributed by atoms with van der Waals surface area (Å²) in [6, 6.07) is 8.02. The Kier molecular flexibility index (Phi) is 4.29. The minimum absolute atomic E-state index is 0.204. The van der Waals surface area contributed by atoms with Gasteiger partial charge in [-0.2, -0.15) is 5.26 Å². The van der Waals surface area contributed by atoms with E-state index in [0.717, 1.165) is 36.0 Å². The largest absolute Gasteiger partial charge is 0.389 e. The van der Waals surface area contributed by atoms with Gasteiger partial charge >= 0.3 is 0 Å². The van der Waals surface area contributed by atoms with E-state index < -0.39 is 5.60 Å². The van der Waals surface area contributed by atoms with E-state index in [0.29, 0.717) is 5.56 Å². The quantitative estimate of drug-likeness (QED) is 0.930. The predicted molar refractivity (Wildman–Crippen MR) is 78.6 cm³/mol. The lowest BCUT2D eigenvalue weighted by atomic mass is 9.96. The summed E-state index contributed by atoms with van der Waals surface area (Å²) >= 11 is 3.53. The van der Waals surface area contributed by atoms with Gasteiger partial charge in [0.2, 0.25) is 0 Å². The second kappa shape index (κ2) is 5.62. The molecule has 1 aromatic rings. The molecule has 0 aromatic heterocycles. The van der Waals surface area contributed by atoms with Gasteiger partial charge in [0.25, 0.3) is 0 Å². The molecule has 0 aliphatic carbocycles. The first-order valence-electron chi connectivity index (χ1n) is 6.57. The fourth-order valence-corrected chi connectivity index (χ4v) is 3.28. The van der Waals surface area contributed by atoms with Gasteiger partial charge in [-0.15, -0.1) is 0 Å². The number of likely N-dealkylation sites (tertiary alicyclic amines) is 1. The van der Waals surface area contributed by atoms with Crippen molar-refractivity contribution in [2.45, 2.75) is 44.9 Å². The molecule has 1 unspecified atom stereocenters. The number of hydrogen-bond acceptors (Lipinski definition) is 3. The van der Waals surface area contributed by atoms with Gasteiger partial charge in [0.15, 0.2) is 0 Å². The molecule has 1 aliphatic rings. The molecular weight excluding hydrogens is 304 g/mol. The van der Waals surface area contributed by atoms with E-state index in [1.165, 1.54) is 0 Å². The monoisotopic (exact) mass is 322 g/mol. The molecule has 1 heterocycles. The summed E-state index contributed by atoms with van der Waals surface area (Å²) in [6.07, 6.45) is 2.17. The first-order valence-corrected chi connectivity index (χ1v) is 7.36. The summed E-state index contributed by atoms with van der Waals surface area (Å²) in [4.78, 5) is 2.33. The van der Waals surface area contributed by atoms with Crippen molar-refractivity contribution in [2.75, 3.05) is 6.54 Å². The normalized spacial score (nSPS) is 20.5. The minimum Gasteiger partial charge on any atom is -0.389 e. The molecule has 19 heavy (non-hydrogen) atoms. The number of halogens is 1. The maximum Gasteiger partial charge on any atom is 0.0992 e. The van der Waals surface area contributed by atoms with Crippen LogP contribution in [0.3, 0.4) is 0 Å². The van der Waals surface area contributed by atoms with E-state index in [1.807, 2.05) is 32.0 Å². The first kappa shape index (κ1) is 14.5. The average molecular weight is 323 g/mol. The number of nitriles is 1. The molecule has 0 spiro atoms. The van der Waals surface area contributed by atoms with Crippen LogP contribution < -0.4 is 0 Å². The molecule has 1 aliphatic heterocycles. The lowest BCUT2D eigenvalue weighted by Crippen LogP contribution is -2.45. The molecule has 3 nitrogen and oxygen atoms in total. The molecule has 4 heteroatoms. The highest BCUT2D eigenvalue weighted by atomic mass is 79.9. The van der Waals surface area contributed by atoms with Crippen LogP contribution in [-0.4, -0.2) is 28.2 Å². The zero-order valence-corrected chi connectivity index (χ0v) is 12.9. The molecule has 0 bridgehead atoms. The molecule has 1 N–H and O–H groups in total. The third-order valence-electron chi connectivity index (χ3n) is 3.73. The maximum absolute atomic E-state index is 10.2. The topological polar surface area (TPSA) is 47.3 Å². The van der Waals surface area contributed by atoms with Gasteiger partial charge in [-0.25, -0.2) is 0 Å². The smallest absolute Gasteiger partial charge is 0.0992 e. The second-order valence-electron chi connectivity index (χ2n) is 5.70. The highest BCUT2D eigenvalue weighted by molar-refractivity contribution is 9.10. The average Bonchev–Trinajstić information content (AvgIpc) is 2.79. The van der Waals surface area contributed by atoms with E-state index >= 15 is 0 Å². The second-order valence-corrected chi connectivity index (χ2v) is 6.55. The summed E-state index contributed by atoms with van der Waals surface area (Å²) in [6.45, 7) is 5.58. The van der Waals surface area contributed by atoms with Gasteiger partial charge in [0.05, 0.1) is 17.2 Å². The molecule has 1 saturated heterocycles. The van der Waals surface area contributed by atoms with E-state index in [4.69, 9.17) is 5.26 Å². The van der Waals surface area contributed by atoms with Crippen LogP contribution in [-0.2, 0) is 6.54 Å². The van der Waals surface area contributed by atoms with Crippen LogP contribution in [0.4, 0.5) is 0 Å². The summed E-state index contributed by atoms with van der Waals surface area (Å²) in [7, 11) is 0. The molecule has 0 saturated carbocycles.